The molecule has 3 rings (SSSR count). The van der Waals surface area contributed by atoms with E-state index in [1.54, 1.807) is 18.2 Å². The lowest BCUT2D eigenvalue weighted by Gasteiger charge is -2.08. The summed E-state index contributed by atoms with van der Waals surface area (Å²) in [6.07, 6.45) is 1.53. The van der Waals surface area contributed by atoms with E-state index in [-0.39, 0.29) is 12.4 Å². The summed E-state index contributed by atoms with van der Waals surface area (Å²) in [5.41, 5.74) is 10.1. The van der Waals surface area contributed by atoms with E-state index in [9.17, 15) is 5.11 Å². The number of nitrogen functional groups attached to an aromatic ring is 1. The molecule has 0 bridgehead atoms. The van der Waals surface area contributed by atoms with E-state index >= 15 is 0 Å². The number of anilines is 1. The fraction of sp³-hybridized carbons (Fsp3) is 0.158. The van der Waals surface area contributed by atoms with Gasteiger partial charge in [-0.15, -0.1) is 10.2 Å². The molecule has 3 aromatic rings. The third kappa shape index (κ3) is 3.52. The molecule has 0 aliphatic carbocycles. The smallest absolute Gasteiger partial charge is 0.149 e. The van der Waals surface area contributed by atoms with Crippen molar-refractivity contribution in [2.24, 2.45) is 0 Å². The third-order valence-electron chi connectivity index (χ3n) is 3.97. The molecule has 24 heavy (non-hydrogen) atoms. The fourth-order valence-electron chi connectivity index (χ4n) is 2.55. The number of aromatic hydroxyl groups is 1. The van der Waals surface area contributed by atoms with Crippen molar-refractivity contribution >= 4 is 5.82 Å². The molecule has 1 aromatic heterocycles. The summed E-state index contributed by atoms with van der Waals surface area (Å²) >= 11 is 0. The van der Waals surface area contributed by atoms with Crippen molar-refractivity contribution < 1.29 is 10.2 Å². The van der Waals surface area contributed by atoms with Crippen LogP contribution in [-0.2, 0) is 19.4 Å². The first-order chi connectivity index (χ1) is 11.7. The van der Waals surface area contributed by atoms with Gasteiger partial charge in [0.15, 0.2) is 0 Å². The summed E-state index contributed by atoms with van der Waals surface area (Å²) in [5.74, 6) is 0.572. The van der Waals surface area contributed by atoms with Crippen LogP contribution in [0.5, 0.6) is 5.75 Å². The fourth-order valence-corrected chi connectivity index (χ4v) is 2.55. The van der Waals surface area contributed by atoms with Crippen LogP contribution in [0.2, 0.25) is 0 Å². The number of hydrogen-bond acceptors (Lipinski definition) is 5. The summed E-state index contributed by atoms with van der Waals surface area (Å²) in [6, 6.07) is 16.7. The second-order valence-electron chi connectivity index (χ2n) is 5.63. The molecule has 0 unspecified atom stereocenters. The average Bonchev–Trinajstić information content (AvgIpc) is 2.62. The van der Waals surface area contributed by atoms with E-state index in [1.807, 2.05) is 36.4 Å². The van der Waals surface area contributed by atoms with Crippen LogP contribution in [0.15, 0.2) is 54.6 Å². The molecule has 0 saturated carbocycles. The average molecular weight is 321 g/mol. The molecule has 0 amide bonds. The second-order valence-corrected chi connectivity index (χ2v) is 5.63. The Labute approximate surface area is 140 Å². The van der Waals surface area contributed by atoms with Crippen LogP contribution < -0.4 is 5.73 Å². The predicted octanol–water partition coefficient (Wildman–Crippen LogP) is 2.71. The number of para-hydroxylation sites is 1. The maximum atomic E-state index is 9.96. The molecule has 122 valence electrons. The lowest BCUT2D eigenvalue weighted by Crippen LogP contribution is -2.03. The minimum Gasteiger partial charge on any atom is -0.507 e. The van der Waals surface area contributed by atoms with Crippen molar-refractivity contribution in [1.29, 1.82) is 0 Å². The lowest BCUT2D eigenvalue weighted by molar-refractivity contribution is 0.282. The Morgan fingerprint density at radius 2 is 1.58 bits per heavy atom. The molecule has 2 aromatic carbocycles. The predicted molar refractivity (Wildman–Crippen MR) is 93.3 cm³/mol. The topological polar surface area (TPSA) is 92.3 Å². The Hall–Kier alpha value is -2.92. The number of nitrogens with zero attached hydrogens (tertiary/aromatic N) is 2. The number of benzene rings is 2. The van der Waals surface area contributed by atoms with Crippen molar-refractivity contribution in [3.8, 4) is 17.0 Å². The van der Waals surface area contributed by atoms with Gasteiger partial charge >= 0.3 is 0 Å². The van der Waals surface area contributed by atoms with Crippen molar-refractivity contribution in [1.82, 2.24) is 10.2 Å². The van der Waals surface area contributed by atoms with Gasteiger partial charge in [0.25, 0.3) is 0 Å². The molecule has 0 saturated heterocycles. The first-order valence-corrected chi connectivity index (χ1v) is 7.76. The number of nitrogens with two attached hydrogens (primary N) is 1. The molecule has 0 aliphatic rings. The van der Waals surface area contributed by atoms with E-state index in [0.717, 1.165) is 29.5 Å². The Balaban J connectivity index is 1.80. The maximum Gasteiger partial charge on any atom is 0.149 e. The van der Waals surface area contributed by atoms with Crippen LogP contribution in [0.1, 0.15) is 16.7 Å². The van der Waals surface area contributed by atoms with Gasteiger partial charge in [0, 0.05) is 5.56 Å². The summed E-state index contributed by atoms with van der Waals surface area (Å²) in [7, 11) is 0. The summed E-state index contributed by atoms with van der Waals surface area (Å²) in [6.45, 7) is 0.0471. The molecule has 4 N–H and O–H groups in total. The van der Waals surface area contributed by atoms with Gasteiger partial charge < -0.3 is 15.9 Å². The van der Waals surface area contributed by atoms with Crippen LogP contribution in [0.3, 0.4) is 0 Å². The van der Waals surface area contributed by atoms with E-state index in [4.69, 9.17) is 10.8 Å². The summed E-state index contributed by atoms with van der Waals surface area (Å²) in [4.78, 5) is 0. The number of rotatable bonds is 5. The Morgan fingerprint density at radius 1 is 0.875 bits per heavy atom. The minimum absolute atomic E-state index is 0.0471. The van der Waals surface area contributed by atoms with Crippen molar-refractivity contribution in [3.63, 3.8) is 0 Å². The molecule has 0 spiro atoms. The number of aliphatic hydroxyl groups excluding tert-OH is 1. The third-order valence-corrected chi connectivity index (χ3v) is 3.97. The van der Waals surface area contributed by atoms with Crippen LogP contribution in [0.4, 0.5) is 5.82 Å². The van der Waals surface area contributed by atoms with Gasteiger partial charge in [-0.05, 0) is 47.7 Å². The molecule has 0 atom stereocenters. The summed E-state index contributed by atoms with van der Waals surface area (Å²) < 4.78 is 0. The SMILES string of the molecule is Nc1nnc(-c2ccccc2O)cc1CCc1ccc(CO)cc1. The zero-order chi connectivity index (χ0) is 16.9. The van der Waals surface area contributed by atoms with Gasteiger partial charge in [0.05, 0.1) is 12.3 Å². The number of aliphatic hydroxyl groups is 1. The minimum atomic E-state index is 0.0471. The van der Waals surface area contributed by atoms with E-state index in [1.165, 1.54) is 0 Å². The maximum absolute atomic E-state index is 9.96. The highest BCUT2D eigenvalue weighted by Gasteiger charge is 2.09. The highest BCUT2D eigenvalue weighted by molar-refractivity contribution is 5.67. The van der Waals surface area contributed by atoms with Crippen LogP contribution >= 0.6 is 0 Å². The largest absolute Gasteiger partial charge is 0.507 e. The normalized spacial score (nSPS) is 10.7. The first-order valence-electron chi connectivity index (χ1n) is 7.76. The van der Waals surface area contributed by atoms with E-state index in [2.05, 4.69) is 10.2 Å². The number of hydrogen-bond donors (Lipinski definition) is 3. The Kier molecular flexibility index (Phi) is 4.72. The molecule has 1 heterocycles. The quantitative estimate of drug-likeness (QED) is 0.672. The van der Waals surface area contributed by atoms with Crippen LogP contribution in [0.25, 0.3) is 11.3 Å². The van der Waals surface area contributed by atoms with E-state index < -0.39 is 0 Å². The van der Waals surface area contributed by atoms with Gasteiger partial charge in [-0.2, -0.15) is 0 Å². The summed E-state index contributed by atoms with van der Waals surface area (Å²) in [5, 5.41) is 27.1. The van der Waals surface area contributed by atoms with Gasteiger partial charge in [0.1, 0.15) is 11.6 Å². The molecule has 0 fully saturated rings. The number of aromatic nitrogens is 2. The van der Waals surface area contributed by atoms with Crippen LogP contribution in [0, 0.1) is 0 Å². The highest BCUT2D eigenvalue weighted by Crippen LogP contribution is 2.28. The Morgan fingerprint density at radius 3 is 2.29 bits per heavy atom. The monoisotopic (exact) mass is 321 g/mol. The van der Waals surface area contributed by atoms with Gasteiger partial charge in [-0.25, -0.2) is 0 Å². The lowest BCUT2D eigenvalue weighted by atomic mass is 10.0. The first kappa shape index (κ1) is 16.0. The molecular weight excluding hydrogens is 302 g/mol. The Bertz CT molecular complexity index is 832. The van der Waals surface area contributed by atoms with Crippen LogP contribution in [-0.4, -0.2) is 20.4 Å². The zero-order valence-corrected chi connectivity index (χ0v) is 13.2. The van der Waals surface area contributed by atoms with Gasteiger partial charge in [-0.3, -0.25) is 0 Å². The highest BCUT2D eigenvalue weighted by atomic mass is 16.3. The van der Waals surface area contributed by atoms with Crippen molar-refractivity contribution in [2.75, 3.05) is 5.73 Å². The van der Waals surface area contributed by atoms with Crippen molar-refractivity contribution in [2.45, 2.75) is 19.4 Å². The van der Waals surface area contributed by atoms with Gasteiger partial charge in [-0.1, -0.05) is 36.4 Å². The molecule has 5 heteroatoms. The second kappa shape index (κ2) is 7.10. The number of phenols is 1. The van der Waals surface area contributed by atoms with Gasteiger partial charge in [0.2, 0.25) is 0 Å². The van der Waals surface area contributed by atoms with Crippen molar-refractivity contribution in [3.05, 3.63) is 71.3 Å². The molecule has 5 nitrogen and oxygen atoms in total. The molecular formula is C19H19N3O2. The van der Waals surface area contributed by atoms with E-state index in [0.29, 0.717) is 17.1 Å². The number of aryl methyl sites for hydroxylation is 2. The molecule has 0 aliphatic heterocycles. The standard InChI is InChI=1S/C19H19N3O2/c20-19-15(10-9-13-5-7-14(12-23)8-6-13)11-17(21-22-19)16-3-1-2-4-18(16)24/h1-8,11,23-24H,9-10,12H2,(H2,20,22). The molecule has 0 radical (unpaired) electrons. The number of phenolic OH excluding ortho intramolecular Hbond substituents is 1. The zero-order valence-electron chi connectivity index (χ0n) is 13.2.